The Morgan fingerprint density at radius 2 is 1.76 bits per heavy atom. The number of ether oxygens (including phenoxy) is 1. The number of fused-ring (bicyclic) bond motifs is 4. The molecule has 1 N–H and O–H groups in total. The van der Waals surface area contributed by atoms with Crippen LogP contribution in [0.4, 0.5) is 4.79 Å². The van der Waals surface area contributed by atoms with Gasteiger partial charge in [0, 0.05) is 6.54 Å². The molecule has 2 atom stereocenters. The number of carbonyl (C=O) groups is 1. The van der Waals surface area contributed by atoms with Gasteiger partial charge in [-0.3, -0.25) is 4.90 Å². The van der Waals surface area contributed by atoms with Gasteiger partial charge >= 0.3 is 6.09 Å². The number of nitrogens with zero attached hydrogens (tertiary/aromatic N) is 1. The maximum atomic E-state index is 12.6. The third-order valence-electron chi connectivity index (χ3n) is 6.62. The number of hydrogen-bond acceptors (Lipinski definition) is 3. The number of nitrogens with one attached hydrogen (secondary N) is 1. The van der Waals surface area contributed by atoms with Crippen molar-refractivity contribution in [3.63, 3.8) is 0 Å². The van der Waals surface area contributed by atoms with Crippen LogP contribution in [0.2, 0.25) is 10.0 Å². The number of alkyl carbamates (subject to hydrolysis) is 1. The van der Waals surface area contributed by atoms with Crippen molar-refractivity contribution in [2.75, 3.05) is 19.6 Å². The lowest BCUT2D eigenvalue weighted by molar-refractivity contribution is -0.0339. The van der Waals surface area contributed by atoms with Crippen LogP contribution in [0, 0.1) is 5.92 Å². The van der Waals surface area contributed by atoms with Crippen molar-refractivity contribution in [1.29, 1.82) is 0 Å². The van der Waals surface area contributed by atoms with Gasteiger partial charge in [-0.05, 0) is 85.1 Å². The van der Waals surface area contributed by atoms with Crippen molar-refractivity contribution in [3.8, 4) is 11.1 Å². The second kappa shape index (κ2) is 7.82. The molecule has 1 amide bonds. The van der Waals surface area contributed by atoms with E-state index in [1.54, 1.807) is 0 Å². The van der Waals surface area contributed by atoms with Crippen LogP contribution in [0.5, 0.6) is 0 Å². The van der Waals surface area contributed by atoms with E-state index in [9.17, 15) is 4.79 Å². The lowest BCUT2D eigenvalue weighted by Crippen LogP contribution is -2.52. The molecular weight excluding hydrogens is 407 g/mol. The number of piperidine rings is 3. The highest BCUT2D eigenvalue weighted by Crippen LogP contribution is 2.36. The molecule has 4 aliphatic rings. The molecule has 0 radical (unpaired) electrons. The first-order chi connectivity index (χ1) is 14.1. The average Bonchev–Trinajstić information content (AvgIpc) is 3.13. The molecule has 1 unspecified atom stereocenters. The number of rotatable bonds is 3. The van der Waals surface area contributed by atoms with Crippen LogP contribution < -0.4 is 5.32 Å². The summed E-state index contributed by atoms with van der Waals surface area (Å²) in [6, 6.07) is 12.1. The Labute approximate surface area is 181 Å². The summed E-state index contributed by atoms with van der Waals surface area (Å²) in [6.45, 7) is 3.15. The lowest BCUT2D eigenvalue weighted by Gasteiger charge is -2.43. The second-order valence-corrected chi connectivity index (χ2v) is 9.17. The van der Waals surface area contributed by atoms with Gasteiger partial charge in [0.2, 0.25) is 0 Å². The van der Waals surface area contributed by atoms with Crippen molar-refractivity contribution in [3.05, 3.63) is 57.6 Å². The minimum absolute atomic E-state index is 0.0127. The molecule has 6 rings (SSSR count). The lowest BCUT2D eigenvalue weighted by atomic mass is 9.86. The van der Waals surface area contributed by atoms with E-state index in [0.717, 1.165) is 56.4 Å². The molecule has 2 aromatic rings. The molecule has 2 aromatic carbocycles. The fourth-order valence-electron chi connectivity index (χ4n) is 4.97. The fourth-order valence-corrected chi connectivity index (χ4v) is 5.26. The predicted octanol–water partition coefficient (Wildman–Crippen LogP) is 5.47. The van der Waals surface area contributed by atoms with Crippen LogP contribution in [0.25, 0.3) is 11.1 Å². The molecule has 4 nitrogen and oxygen atoms in total. The number of amides is 1. The molecule has 0 saturated carbocycles. The minimum Gasteiger partial charge on any atom is -0.445 e. The van der Waals surface area contributed by atoms with Crippen LogP contribution in [-0.4, -0.2) is 36.7 Å². The van der Waals surface area contributed by atoms with Crippen molar-refractivity contribution < 1.29 is 9.53 Å². The molecular formula is C23H24Cl2N2O2. The quantitative estimate of drug-likeness (QED) is 0.701. The highest BCUT2D eigenvalue weighted by molar-refractivity contribution is 6.42. The van der Waals surface area contributed by atoms with Gasteiger partial charge in [-0.15, -0.1) is 0 Å². The van der Waals surface area contributed by atoms with Gasteiger partial charge in [0.1, 0.15) is 6.10 Å². The summed E-state index contributed by atoms with van der Waals surface area (Å²) in [7, 11) is 0. The van der Waals surface area contributed by atoms with Crippen molar-refractivity contribution in [1.82, 2.24) is 10.2 Å². The maximum Gasteiger partial charge on any atom is 0.407 e. The Hall–Kier alpha value is -1.75. The number of carbonyl (C=O) groups excluding carboxylic acids is 1. The van der Waals surface area contributed by atoms with Crippen molar-refractivity contribution in [2.45, 2.75) is 37.8 Å². The van der Waals surface area contributed by atoms with E-state index in [0.29, 0.717) is 16.0 Å². The van der Waals surface area contributed by atoms with E-state index in [1.807, 2.05) is 18.2 Å². The molecule has 29 heavy (non-hydrogen) atoms. The fraction of sp³-hybridized carbons (Fsp3) is 0.435. The first-order valence-corrected chi connectivity index (χ1v) is 11.1. The zero-order valence-electron chi connectivity index (χ0n) is 16.2. The van der Waals surface area contributed by atoms with Gasteiger partial charge in [0.25, 0.3) is 0 Å². The van der Waals surface area contributed by atoms with Crippen LogP contribution in [0.1, 0.15) is 36.4 Å². The summed E-state index contributed by atoms with van der Waals surface area (Å²) in [5, 5.41) is 4.20. The normalized spacial score (nSPS) is 27.5. The standard InChI is InChI=1S/C23H24Cl2N2O2/c24-19-5-3-17(12-20(19)25)16-2-1-14-4-6-21(18(14)11-16)26-23(28)29-22-13-27-9-7-15(22)8-10-27/h1-3,5,11-12,15,21-22H,4,6-10,13H2,(H,26,28)/t21?,22-/m1/s1. The summed E-state index contributed by atoms with van der Waals surface area (Å²) < 4.78 is 5.82. The van der Waals surface area contributed by atoms with E-state index in [-0.39, 0.29) is 18.2 Å². The molecule has 3 heterocycles. The van der Waals surface area contributed by atoms with Crippen LogP contribution in [0.3, 0.4) is 0 Å². The number of benzene rings is 2. The Morgan fingerprint density at radius 3 is 2.48 bits per heavy atom. The van der Waals surface area contributed by atoms with E-state index in [4.69, 9.17) is 27.9 Å². The Morgan fingerprint density at radius 1 is 1.00 bits per heavy atom. The van der Waals surface area contributed by atoms with E-state index < -0.39 is 0 Å². The van der Waals surface area contributed by atoms with E-state index in [2.05, 4.69) is 28.4 Å². The maximum absolute atomic E-state index is 12.6. The summed E-state index contributed by atoms with van der Waals surface area (Å²) in [5.41, 5.74) is 4.53. The monoisotopic (exact) mass is 430 g/mol. The molecule has 1 aliphatic carbocycles. The first-order valence-electron chi connectivity index (χ1n) is 10.3. The van der Waals surface area contributed by atoms with Crippen LogP contribution >= 0.6 is 23.2 Å². The molecule has 0 spiro atoms. The van der Waals surface area contributed by atoms with Crippen LogP contribution in [-0.2, 0) is 11.2 Å². The van der Waals surface area contributed by atoms with Crippen molar-refractivity contribution >= 4 is 29.3 Å². The summed E-state index contributed by atoms with van der Waals surface area (Å²) in [5.74, 6) is 0.517. The molecule has 0 aromatic heterocycles. The highest BCUT2D eigenvalue weighted by atomic mass is 35.5. The van der Waals surface area contributed by atoms with Gasteiger partial charge < -0.3 is 10.1 Å². The molecule has 2 bridgehead atoms. The Bertz CT molecular complexity index is 940. The SMILES string of the molecule is O=C(NC1CCc2ccc(-c3ccc(Cl)c(Cl)c3)cc21)O[C@@H]1CN2CCC1CC2. The number of halogens is 2. The number of aryl methyl sites for hydroxylation is 1. The zero-order chi connectivity index (χ0) is 20.0. The second-order valence-electron chi connectivity index (χ2n) is 8.36. The van der Waals surface area contributed by atoms with Gasteiger partial charge in [-0.2, -0.15) is 0 Å². The van der Waals surface area contributed by atoms with E-state index in [1.165, 1.54) is 11.1 Å². The van der Waals surface area contributed by atoms with Gasteiger partial charge in [0.15, 0.2) is 0 Å². The van der Waals surface area contributed by atoms with Gasteiger partial charge in [-0.25, -0.2) is 4.79 Å². The molecule has 152 valence electrons. The zero-order valence-corrected chi connectivity index (χ0v) is 17.7. The third-order valence-corrected chi connectivity index (χ3v) is 7.36. The van der Waals surface area contributed by atoms with Gasteiger partial charge in [0.05, 0.1) is 16.1 Å². The predicted molar refractivity (Wildman–Crippen MR) is 116 cm³/mol. The Balaban J connectivity index is 1.30. The Kier molecular flexibility index (Phi) is 5.19. The first kappa shape index (κ1) is 19.2. The minimum atomic E-state index is -0.290. The molecule has 3 saturated heterocycles. The summed E-state index contributed by atoms with van der Waals surface area (Å²) >= 11 is 12.2. The summed E-state index contributed by atoms with van der Waals surface area (Å²) in [6.07, 6.45) is 3.87. The van der Waals surface area contributed by atoms with Crippen molar-refractivity contribution in [2.24, 2.45) is 5.92 Å². The van der Waals surface area contributed by atoms with Gasteiger partial charge in [-0.1, -0.05) is 41.4 Å². The highest BCUT2D eigenvalue weighted by Gasteiger charge is 2.37. The molecule has 3 aliphatic heterocycles. The molecule has 6 heteroatoms. The topological polar surface area (TPSA) is 41.6 Å². The van der Waals surface area contributed by atoms with Crippen LogP contribution in [0.15, 0.2) is 36.4 Å². The largest absolute Gasteiger partial charge is 0.445 e. The summed E-state index contributed by atoms with van der Waals surface area (Å²) in [4.78, 5) is 15.0. The number of hydrogen-bond donors (Lipinski definition) is 1. The average molecular weight is 431 g/mol. The smallest absolute Gasteiger partial charge is 0.407 e. The molecule has 3 fully saturated rings. The third kappa shape index (κ3) is 3.86. The van der Waals surface area contributed by atoms with E-state index >= 15 is 0 Å².